The van der Waals surface area contributed by atoms with Gasteiger partial charge >= 0.3 is 6.18 Å². The van der Waals surface area contributed by atoms with Gasteiger partial charge in [-0.15, -0.1) is 5.10 Å². The summed E-state index contributed by atoms with van der Waals surface area (Å²) in [5.41, 5.74) is 1.60. The summed E-state index contributed by atoms with van der Waals surface area (Å²) < 4.78 is 51.0. The van der Waals surface area contributed by atoms with Gasteiger partial charge in [-0.25, -0.2) is 4.68 Å². The van der Waals surface area contributed by atoms with Crippen LogP contribution in [0.1, 0.15) is 15.9 Å². The van der Waals surface area contributed by atoms with Crippen LogP contribution in [-0.4, -0.2) is 35.1 Å². The molecule has 4 aromatic rings. The first-order chi connectivity index (χ1) is 16.3. The molecule has 1 N–H and O–H groups in total. The van der Waals surface area contributed by atoms with E-state index >= 15 is 0 Å². The number of hydrogen-bond acceptors (Lipinski definition) is 5. The van der Waals surface area contributed by atoms with Crippen LogP contribution < -0.4 is 14.8 Å². The van der Waals surface area contributed by atoms with E-state index in [-0.39, 0.29) is 5.56 Å². The van der Waals surface area contributed by atoms with Crippen LogP contribution in [-0.2, 0) is 6.18 Å². The molecule has 0 saturated carbocycles. The highest BCUT2D eigenvalue weighted by Crippen LogP contribution is 2.33. The van der Waals surface area contributed by atoms with Crippen molar-refractivity contribution >= 4 is 11.6 Å². The summed E-state index contributed by atoms with van der Waals surface area (Å²) in [6.45, 7) is 0. The van der Waals surface area contributed by atoms with Crippen molar-refractivity contribution in [2.45, 2.75) is 6.18 Å². The highest BCUT2D eigenvalue weighted by Gasteiger charge is 2.30. The Kier molecular flexibility index (Phi) is 6.22. The lowest BCUT2D eigenvalue weighted by molar-refractivity contribution is -0.137. The van der Waals surface area contributed by atoms with Gasteiger partial charge in [-0.05, 0) is 60.7 Å². The Bertz CT molecular complexity index is 1320. The third kappa shape index (κ3) is 4.70. The van der Waals surface area contributed by atoms with E-state index in [1.807, 2.05) is 6.07 Å². The number of alkyl halides is 3. The third-order valence-electron chi connectivity index (χ3n) is 5.05. The number of amides is 1. The maximum absolute atomic E-state index is 12.9. The molecule has 10 heteroatoms. The number of carbonyl (C=O) groups excluding carboxylic acids is 1. The summed E-state index contributed by atoms with van der Waals surface area (Å²) in [5.74, 6) is 0.497. The van der Waals surface area contributed by atoms with Crippen LogP contribution in [0.4, 0.5) is 18.9 Å². The number of carbonyl (C=O) groups is 1. The quantitative estimate of drug-likeness (QED) is 0.420. The first-order valence-corrected chi connectivity index (χ1v) is 10.0. The Morgan fingerprint density at radius 3 is 2.35 bits per heavy atom. The van der Waals surface area contributed by atoms with Crippen LogP contribution >= 0.6 is 0 Å². The van der Waals surface area contributed by atoms with E-state index in [1.165, 1.54) is 12.1 Å². The summed E-state index contributed by atoms with van der Waals surface area (Å²) in [4.78, 5) is 12.4. The van der Waals surface area contributed by atoms with E-state index in [1.54, 1.807) is 61.5 Å². The second kappa shape index (κ2) is 9.26. The minimum absolute atomic E-state index is 0.0917. The standard InChI is InChI=1S/C24H19F3N4O3/c1-33-21-11-6-15(13-22(21)34-2)20-14-28-30-31(20)19-9-7-18(8-10-19)29-23(32)16-4-3-5-17(12-16)24(25,26)27/h3-14H,1-2H3,(H,29,32). The van der Waals surface area contributed by atoms with Gasteiger partial charge in [0.1, 0.15) is 0 Å². The second-order valence-corrected chi connectivity index (χ2v) is 7.18. The van der Waals surface area contributed by atoms with E-state index in [4.69, 9.17) is 9.47 Å². The number of anilines is 1. The van der Waals surface area contributed by atoms with Crippen LogP contribution in [0, 0.1) is 0 Å². The molecule has 1 aromatic heterocycles. The Hall–Kier alpha value is -4.34. The lowest BCUT2D eigenvalue weighted by Gasteiger charge is -2.12. The lowest BCUT2D eigenvalue weighted by Crippen LogP contribution is -2.14. The normalized spacial score (nSPS) is 11.2. The first kappa shape index (κ1) is 22.8. The van der Waals surface area contributed by atoms with Gasteiger partial charge in [0.05, 0.1) is 37.4 Å². The number of benzene rings is 3. The van der Waals surface area contributed by atoms with Crippen molar-refractivity contribution in [2.24, 2.45) is 0 Å². The summed E-state index contributed by atoms with van der Waals surface area (Å²) in [6.07, 6.45) is -2.92. The largest absolute Gasteiger partial charge is 0.493 e. The number of rotatable bonds is 6. The molecule has 0 aliphatic heterocycles. The Morgan fingerprint density at radius 1 is 0.941 bits per heavy atom. The molecular formula is C24H19F3N4O3. The monoisotopic (exact) mass is 468 g/mol. The number of aromatic nitrogens is 3. The van der Waals surface area contributed by atoms with E-state index in [2.05, 4.69) is 15.6 Å². The molecule has 0 fully saturated rings. The van der Waals surface area contributed by atoms with Crippen molar-refractivity contribution in [1.29, 1.82) is 0 Å². The van der Waals surface area contributed by atoms with Crippen LogP contribution in [0.2, 0.25) is 0 Å². The number of hydrogen-bond donors (Lipinski definition) is 1. The van der Waals surface area contributed by atoms with E-state index in [0.717, 1.165) is 17.7 Å². The smallest absolute Gasteiger partial charge is 0.416 e. The number of halogens is 3. The maximum atomic E-state index is 12.9. The Balaban J connectivity index is 1.55. The predicted octanol–water partition coefficient (Wildman–Crippen LogP) is 5.22. The fourth-order valence-corrected chi connectivity index (χ4v) is 3.34. The summed E-state index contributed by atoms with van der Waals surface area (Å²) in [5, 5.41) is 10.7. The fraction of sp³-hybridized carbons (Fsp3) is 0.125. The van der Waals surface area contributed by atoms with Crippen molar-refractivity contribution in [2.75, 3.05) is 19.5 Å². The van der Waals surface area contributed by atoms with E-state index in [9.17, 15) is 18.0 Å². The van der Waals surface area contributed by atoms with Crippen LogP contribution in [0.5, 0.6) is 11.5 Å². The molecule has 174 valence electrons. The van der Waals surface area contributed by atoms with Crippen molar-refractivity contribution < 1.29 is 27.4 Å². The molecule has 0 atom stereocenters. The molecule has 0 aliphatic carbocycles. The van der Waals surface area contributed by atoms with Gasteiger partial charge in [0, 0.05) is 16.8 Å². The molecular weight excluding hydrogens is 449 g/mol. The first-order valence-electron chi connectivity index (χ1n) is 10.0. The van der Waals surface area contributed by atoms with Crippen LogP contribution in [0.25, 0.3) is 16.9 Å². The summed E-state index contributed by atoms with van der Waals surface area (Å²) in [6, 6.07) is 16.3. The molecule has 0 bridgehead atoms. The van der Waals surface area contributed by atoms with Gasteiger partial charge in [-0.2, -0.15) is 13.2 Å². The number of ether oxygens (including phenoxy) is 2. The average Bonchev–Trinajstić information content (AvgIpc) is 3.33. The van der Waals surface area contributed by atoms with Crippen molar-refractivity contribution in [3.05, 3.63) is 84.1 Å². The van der Waals surface area contributed by atoms with Gasteiger partial charge in [-0.3, -0.25) is 4.79 Å². The van der Waals surface area contributed by atoms with Gasteiger partial charge in [0.15, 0.2) is 11.5 Å². The average molecular weight is 468 g/mol. The van der Waals surface area contributed by atoms with Crippen molar-refractivity contribution in [3.8, 4) is 28.4 Å². The highest BCUT2D eigenvalue weighted by atomic mass is 19.4. The Labute approximate surface area is 192 Å². The molecule has 3 aromatic carbocycles. The molecule has 0 spiro atoms. The minimum Gasteiger partial charge on any atom is -0.493 e. The van der Waals surface area contributed by atoms with Gasteiger partial charge in [0.25, 0.3) is 5.91 Å². The molecule has 0 unspecified atom stereocenters. The van der Waals surface area contributed by atoms with Gasteiger partial charge < -0.3 is 14.8 Å². The van der Waals surface area contributed by atoms with Crippen LogP contribution in [0.15, 0.2) is 72.9 Å². The Morgan fingerprint density at radius 2 is 1.68 bits per heavy atom. The fourth-order valence-electron chi connectivity index (χ4n) is 3.34. The van der Waals surface area contributed by atoms with E-state index in [0.29, 0.717) is 28.6 Å². The molecule has 7 nitrogen and oxygen atoms in total. The molecule has 34 heavy (non-hydrogen) atoms. The minimum atomic E-state index is -4.53. The molecule has 0 radical (unpaired) electrons. The lowest BCUT2D eigenvalue weighted by atomic mass is 10.1. The summed E-state index contributed by atoms with van der Waals surface area (Å²) >= 11 is 0. The molecule has 1 amide bonds. The SMILES string of the molecule is COc1ccc(-c2cnnn2-c2ccc(NC(=O)c3cccc(C(F)(F)F)c3)cc2)cc1OC. The topological polar surface area (TPSA) is 78.3 Å². The van der Waals surface area contributed by atoms with Gasteiger partial charge in [0.2, 0.25) is 0 Å². The van der Waals surface area contributed by atoms with Crippen molar-refractivity contribution in [1.82, 2.24) is 15.0 Å². The second-order valence-electron chi connectivity index (χ2n) is 7.18. The van der Waals surface area contributed by atoms with Crippen LogP contribution in [0.3, 0.4) is 0 Å². The molecule has 1 heterocycles. The zero-order valence-corrected chi connectivity index (χ0v) is 18.1. The number of nitrogens with zero attached hydrogens (tertiary/aromatic N) is 3. The number of methoxy groups -OCH3 is 2. The zero-order valence-electron chi connectivity index (χ0n) is 18.1. The molecule has 0 saturated heterocycles. The summed E-state index contributed by atoms with van der Waals surface area (Å²) in [7, 11) is 3.10. The van der Waals surface area contributed by atoms with E-state index < -0.39 is 17.6 Å². The van der Waals surface area contributed by atoms with Crippen molar-refractivity contribution in [3.63, 3.8) is 0 Å². The van der Waals surface area contributed by atoms with Gasteiger partial charge in [-0.1, -0.05) is 11.3 Å². The third-order valence-corrected chi connectivity index (χ3v) is 5.05. The zero-order chi connectivity index (χ0) is 24.3. The maximum Gasteiger partial charge on any atom is 0.416 e. The number of nitrogens with one attached hydrogen (secondary N) is 1. The highest BCUT2D eigenvalue weighted by molar-refractivity contribution is 6.04. The molecule has 4 rings (SSSR count). The molecule has 0 aliphatic rings. The predicted molar refractivity (Wildman–Crippen MR) is 119 cm³/mol.